The van der Waals surface area contributed by atoms with Gasteiger partial charge < -0.3 is 14.7 Å². The van der Waals surface area contributed by atoms with E-state index in [2.05, 4.69) is 4.90 Å². The molecule has 1 aromatic rings. The van der Waals surface area contributed by atoms with Gasteiger partial charge in [0.2, 0.25) is 17.7 Å². The highest BCUT2D eigenvalue weighted by molar-refractivity contribution is 6.00. The highest BCUT2D eigenvalue weighted by atomic mass is 19.1. The van der Waals surface area contributed by atoms with Crippen molar-refractivity contribution in [1.82, 2.24) is 14.7 Å². The first-order valence-corrected chi connectivity index (χ1v) is 10.9. The summed E-state index contributed by atoms with van der Waals surface area (Å²) in [5.74, 6) is -0.991. The van der Waals surface area contributed by atoms with Crippen LogP contribution in [0.25, 0.3) is 0 Å². The zero-order valence-electron chi connectivity index (χ0n) is 17.3. The average Bonchev–Trinajstić information content (AvgIpc) is 3.16. The summed E-state index contributed by atoms with van der Waals surface area (Å²) in [4.78, 5) is 45.0. The Morgan fingerprint density at radius 2 is 1.63 bits per heavy atom. The number of nitrogens with zero attached hydrogens (tertiary/aromatic N) is 4. The minimum absolute atomic E-state index is 0.0517. The van der Waals surface area contributed by atoms with Crippen molar-refractivity contribution in [1.29, 1.82) is 0 Å². The van der Waals surface area contributed by atoms with E-state index in [9.17, 15) is 18.8 Å². The lowest BCUT2D eigenvalue weighted by Crippen LogP contribution is -2.53. The zero-order chi connectivity index (χ0) is 21.1. The van der Waals surface area contributed by atoms with Crippen LogP contribution in [0.5, 0.6) is 0 Å². The first-order chi connectivity index (χ1) is 14.5. The van der Waals surface area contributed by atoms with Crippen molar-refractivity contribution >= 4 is 23.4 Å². The van der Waals surface area contributed by atoms with Crippen molar-refractivity contribution in [2.75, 3.05) is 57.3 Å². The minimum atomic E-state index is -0.453. The number of piperidine rings is 1. The molecule has 0 radical (unpaired) electrons. The summed E-state index contributed by atoms with van der Waals surface area (Å²) in [7, 11) is 0. The Balaban J connectivity index is 1.28. The quantitative estimate of drug-likeness (QED) is 0.743. The maximum absolute atomic E-state index is 14.1. The molecule has 162 valence electrons. The number of hydrogen-bond acceptors (Lipinski definition) is 4. The van der Waals surface area contributed by atoms with Crippen LogP contribution in [0, 0.1) is 11.7 Å². The van der Waals surface area contributed by atoms with Crippen molar-refractivity contribution < 1.29 is 18.8 Å². The van der Waals surface area contributed by atoms with E-state index in [1.165, 1.54) is 17.4 Å². The summed E-state index contributed by atoms with van der Waals surface area (Å²) >= 11 is 0. The van der Waals surface area contributed by atoms with E-state index < -0.39 is 11.7 Å². The minimum Gasteiger partial charge on any atom is -0.342 e. The number of carbonyl (C=O) groups excluding carboxylic acids is 3. The average molecular weight is 416 g/mol. The van der Waals surface area contributed by atoms with E-state index in [1.54, 1.807) is 23.1 Å². The van der Waals surface area contributed by atoms with Crippen LogP contribution in [-0.2, 0) is 14.4 Å². The molecular weight excluding hydrogens is 387 g/mol. The Kier molecular flexibility index (Phi) is 6.32. The smallest absolute Gasteiger partial charge is 0.236 e. The van der Waals surface area contributed by atoms with Gasteiger partial charge in [0.15, 0.2) is 0 Å². The molecule has 0 saturated carbocycles. The first-order valence-electron chi connectivity index (χ1n) is 10.9. The second-order valence-electron chi connectivity index (χ2n) is 8.40. The molecule has 3 fully saturated rings. The summed E-state index contributed by atoms with van der Waals surface area (Å²) in [6.07, 6.45) is 3.47. The summed E-state index contributed by atoms with van der Waals surface area (Å²) in [6.45, 7) is 4.74. The van der Waals surface area contributed by atoms with Gasteiger partial charge >= 0.3 is 0 Å². The molecule has 1 atom stereocenters. The van der Waals surface area contributed by atoms with Gasteiger partial charge in [-0.25, -0.2) is 4.39 Å². The standard InChI is InChI=1S/C22H29FN4O3/c23-18-6-2-3-7-19(18)27-15-17(14-20(27)28)22(30)26-12-10-24(11-13-26)16-21(29)25-8-4-1-5-9-25/h2-3,6-7,17H,1,4-5,8-16H2. The predicted octanol–water partition coefficient (Wildman–Crippen LogP) is 1.34. The van der Waals surface area contributed by atoms with E-state index in [0.29, 0.717) is 32.7 Å². The molecule has 0 aliphatic carbocycles. The molecule has 0 N–H and O–H groups in total. The van der Waals surface area contributed by atoms with Crippen molar-refractivity contribution in [3.8, 4) is 0 Å². The van der Waals surface area contributed by atoms with E-state index >= 15 is 0 Å². The molecule has 3 aliphatic rings. The van der Waals surface area contributed by atoms with Gasteiger partial charge in [-0.05, 0) is 31.4 Å². The van der Waals surface area contributed by atoms with Crippen LogP contribution >= 0.6 is 0 Å². The van der Waals surface area contributed by atoms with Gasteiger partial charge in [-0.1, -0.05) is 12.1 Å². The van der Waals surface area contributed by atoms with Gasteiger partial charge in [-0.3, -0.25) is 19.3 Å². The Morgan fingerprint density at radius 3 is 2.33 bits per heavy atom. The fraction of sp³-hybridized carbons (Fsp3) is 0.591. The normalized spacial score (nSPS) is 23.2. The van der Waals surface area contributed by atoms with Crippen LogP contribution in [0.2, 0.25) is 0 Å². The fourth-order valence-electron chi connectivity index (χ4n) is 4.60. The zero-order valence-corrected chi connectivity index (χ0v) is 17.3. The summed E-state index contributed by atoms with van der Waals surface area (Å²) < 4.78 is 14.1. The van der Waals surface area contributed by atoms with Crippen molar-refractivity contribution in [2.24, 2.45) is 5.92 Å². The molecule has 0 bridgehead atoms. The maximum Gasteiger partial charge on any atom is 0.236 e. The van der Waals surface area contributed by atoms with Gasteiger partial charge in [0.1, 0.15) is 5.82 Å². The highest BCUT2D eigenvalue weighted by Gasteiger charge is 2.38. The van der Waals surface area contributed by atoms with Crippen LogP contribution in [0.1, 0.15) is 25.7 Å². The molecule has 30 heavy (non-hydrogen) atoms. The lowest BCUT2D eigenvalue weighted by molar-refractivity contribution is -0.138. The molecule has 0 aromatic heterocycles. The van der Waals surface area contributed by atoms with Gasteiger partial charge in [-0.15, -0.1) is 0 Å². The number of rotatable bonds is 4. The maximum atomic E-state index is 14.1. The molecule has 3 saturated heterocycles. The number of piperazine rings is 1. The van der Waals surface area contributed by atoms with Gasteiger partial charge in [-0.2, -0.15) is 0 Å². The Hall–Kier alpha value is -2.48. The first kappa shape index (κ1) is 20.8. The number of amides is 3. The Labute approximate surface area is 176 Å². The number of likely N-dealkylation sites (tertiary alicyclic amines) is 1. The van der Waals surface area contributed by atoms with Crippen LogP contribution in [0.3, 0.4) is 0 Å². The summed E-state index contributed by atoms with van der Waals surface area (Å²) in [5, 5.41) is 0. The van der Waals surface area contributed by atoms with Crippen LogP contribution < -0.4 is 4.90 Å². The second kappa shape index (κ2) is 9.12. The van der Waals surface area contributed by atoms with Gasteiger partial charge in [0.05, 0.1) is 18.2 Å². The van der Waals surface area contributed by atoms with Crippen LogP contribution in [-0.4, -0.2) is 84.8 Å². The van der Waals surface area contributed by atoms with Gasteiger partial charge in [0, 0.05) is 52.2 Å². The van der Waals surface area contributed by atoms with Crippen LogP contribution in [0.4, 0.5) is 10.1 Å². The Bertz CT molecular complexity index is 803. The molecule has 4 rings (SSSR count). The molecule has 3 aliphatic heterocycles. The molecule has 1 aromatic carbocycles. The molecule has 0 spiro atoms. The third-order valence-corrected chi connectivity index (χ3v) is 6.37. The number of hydrogen-bond donors (Lipinski definition) is 0. The predicted molar refractivity (Wildman–Crippen MR) is 110 cm³/mol. The molecule has 3 amide bonds. The monoisotopic (exact) mass is 416 g/mol. The van der Waals surface area contributed by atoms with Crippen LogP contribution in [0.15, 0.2) is 24.3 Å². The third kappa shape index (κ3) is 4.48. The van der Waals surface area contributed by atoms with E-state index in [1.807, 2.05) is 4.90 Å². The summed E-state index contributed by atoms with van der Waals surface area (Å²) in [6, 6.07) is 6.16. The SMILES string of the molecule is O=C(CN1CCN(C(=O)C2CC(=O)N(c3ccccc3F)C2)CC1)N1CCCCC1. The lowest BCUT2D eigenvalue weighted by Gasteiger charge is -2.37. The highest BCUT2D eigenvalue weighted by Crippen LogP contribution is 2.28. The number of benzene rings is 1. The van der Waals surface area contributed by atoms with E-state index in [0.717, 1.165) is 25.9 Å². The van der Waals surface area contributed by atoms with Crippen molar-refractivity contribution in [3.63, 3.8) is 0 Å². The molecule has 7 nitrogen and oxygen atoms in total. The van der Waals surface area contributed by atoms with E-state index in [4.69, 9.17) is 0 Å². The van der Waals surface area contributed by atoms with E-state index in [-0.39, 0.29) is 36.4 Å². The largest absolute Gasteiger partial charge is 0.342 e. The summed E-state index contributed by atoms with van der Waals surface area (Å²) in [5.41, 5.74) is 0.235. The molecule has 3 heterocycles. The topological polar surface area (TPSA) is 64.2 Å². The van der Waals surface area contributed by atoms with Gasteiger partial charge in [0.25, 0.3) is 0 Å². The number of anilines is 1. The van der Waals surface area contributed by atoms with Crippen molar-refractivity contribution in [3.05, 3.63) is 30.1 Å². The molecule has 1 unspecified atom stereocenters. The Morgan fingerprint density at radius 1 is 0.933 bits per heavy atom. The van der Waals surface area contributed by atoms with Crippen molar-refractivity contribution in [2.45, 2.75) is 25.7 Å². The third-order valence-electron chi connectivity index (χ3n) is 6.37. The fourth-order valence-corrected chi connectivity index (χ4v) is 4.60. The molecular formula is C22H29FN4O3. The number of carbonyl (C=O) groups is 3. The second-order valence-corrected chi connectivity index (χ2v) is 8.40. The number of halogens is 1. The molecule has 8 heteroatoms. The number of para-hydroxylation sites is 1. The lowest BCUT2D eigenvalue weighted by atomic mass is 10.1.